The number of aromatic hydroxyl groups is 1. The van der Waals surface area contributed by atoms with Gasteiger partial charge < -0.3 is 9.84 Å². The predicted octanol–water partition coefficient (Wildman–Crippen LogP) is 4.72. The van der Waals surface area contributed by atoms with E-state index in [0.29, 0.717) is 28.9 Å². The molecule has 12 heteroatoms. The minimum absolute atomic E-state index is 0.0561. The highest BCUT2D eigenvalue weighted by Gasteiger charge is 2.76. The third-order valence-corrected chi connectivity index (χ3v) is 11.9. The van der Waals surface area contributed by atoms with Crippen LogP contribution in [0.15, 0.2) is 59.2 Å². The lowest BCUT2D eigenvalue weighted by Crippen LogP contribution is -2.61. The Kier molecular flexibility index (Phi) is 6.25. The van der Waals surface area contributed by atoms with E-state index in [-0.39, 0.29) is 42.4 Å². The number of likely N-dealkylation sites (tertiary alicyclic amines) is 2. The fourth-order valence-electron chi connectivity index (χ4n) is 7.34. The van der Waals surface area contributed by atoms with Gasteiger partial charge in [-0.2, -0.15) is 0 Å². The van der Waals surface area contributed by atoms with E-state index in [1.807, 2.05) is 23.6 Å². The van der Waals surface area contributed by atoms with Gasteiger partial charge in [0.15, 0.2) is 9.75 Å². The van der Waals surface area contributed by atoms with E-state index in [0.717, 1.165) is 9.78 Å². The fraction of sp³-hybridized carbons (Fsp3) is 0.379. The number of phenolic OH excluding ortho intramolecular Hbond substituents is 1. The number of carbonyl (C=O) groups is 4. The van der Waals surface area contributed by atoms with E-state index in [2.05, 4.69) is 15.9 Å². The van der Waals surface area contributed by atoms with E-state index in [9.17, 15) is 24.3 Å². The van der Waals surface area contributed by atoms with E-state index in [1.165, 1.54) is 28.6 Å². The van der Waals surface area contributed by atoms with Gasteiger partial charge in [0.25, 0.3) is 11.8 Å². The first-order chi connectivity index (χ1) is 19.6. The van der Waals surface area contributed by atoms with Crippen LogP contribution in [-0.2, 0) is 32.1 Å². The zero-order valence-corrected chi connectivity index (χ0v) is 25.3. The SMILES string of the molecule is O=C1[C@H]2[C@H](CC=C3[C@H](C4=COc5ccc(O)cc5C4)[C@]4(Cl)C(=O)N(CBr)C(=O)[C@]4(Cl)C[C@H]32)C(=O)N1Cc1cccs1. The van der Waals surface area contributed by atoms with Gasteiger partial charge in [-0.05, 0) is 54.0 Å². The van der Waals surface area contributed by atoms with Gasteiger partial charge in [-0.3, -0.25) is 29.0 Å². The van der Waals surface area contributed by atoms with E-state index < -0.39 is 45.2 Å². The van der Waals surface area contributed by atoms with Crippen molar-refractivity contribution in [2.24, 2.45) is 23.7 Å². The van der Waals surface area contributed by atoms with E-state index >= 15 is 0 Å². The first-order valence-corrected chi connectivity index (χ1v) is 15.9. The molecule has 4 amide bonds. The lowest BCUT2D eigenvalue weighted by molar-refractivity contribution is -0.141. The number of amides is 4. The molecule has 1 aromatic carbocycles. The van der Waals surface area contributed by atoms with E-state index in [4.69, 9.17) is 27.9 Å². The molecule has 0 radical (unpaired) electrons. The van der Waals surface area contributed by atoms with Crippen LogP contribution in [0.5, 0.6) is 11.5 Å². The number of nitrogens with zero attached hydrogens (tertiary/aromatic N) is 2. The number of benzene rings is 1. The molecule has 212 valence electrons. The molecule has 1 N–H and O–H groups in total. The van der Waals surface area contributed by atoms with Crippen molar-refractivity contribution in [3.05, 3.63) is 69.6 Å². The van der Waals surface area contributed by atoms with Crippen molar-refractivity contribution >= 4 is 74.1 Å². The van der Waals surface area contributed by atoms with Crippen LogP contribution in [0.2, 0.25) is 0 Å². The zero-order valence-electron chi connectivity index (χ0n) is 21.4. The fourth-order valence-corrected chi connectivity index (χ4v) is 9.48. The number of halogens is 3. The van der Waals surface area contributed by atoms with Gasteiger partial charge in [0.1, 0.15) is 11.5 Å². The number of thiophene rings is 1. The van der Waals surface area contributed by atoms with Gasteiger partial charge in [-0.25, -0.2) is 0 Å². The van der Waals surface area contributed by atoms with Crippen LogP contribution in [0, 0.1) is 23.7 Å². The van der Waals surface area contributed by atoms with Crippen molar-refractivity contribution < 1.29 is 29.0 Å². The Balaban J connectivity index is 1.34. The number of hydrogen-bond donors (Lipinski definition) is 1. The quantitative estimate of drug-likeness (QED) is 0.218. The highest BCUT2D eigenvalue weighted by molar-refractivity contribution is 9.09. The number of rotatable bonds is 4. The van der Waals surface area contributed by atoms with Crippen molar-refractivity contribution in [3.8, 4) is 11.5 Å². The number of imide groups is 2. The number of hydrogen-bond acceptors (Lipinski definition) is 7. The lowest BCUT2D eigenvalue weighted by atomic mass is 9.56. The first-order valence-electron chi connectivity index (χ1n) is 13.2. The summed E-state index contributed by atoms with van der Waals surface area (Å²) in [4.78, 5) is 54.6. The monoisotopic (exact) mass is 676 g/mol. The summed E-state index contributed by atoms with van der Waals surface area (Å²) in [5, 5.41) is 12.0. The number of alkyl halides is 3. The normalized spacial score (nSPS) is 34.0. The topological polar surface area (TPSA) is 104 Å². The largest absolute Gasteiger partial charge is 0.508 e. The number of carbonyl (C=O) groups excluding carboxylic acids is 4. The molecule has 0 bridgehead atoms. The van der Waals surface area contributed by atoms with Crippen molar-refractivity contribution in [1.82, 2.24) is 9.80 Å². The highest BCUT2D eigenvalue weighted by atomic mass is 79.9. The summed E-state index contributed by atoms with van der Waals surface area (Å²) in [5.41, 5.74) is 1.91. The summed E-state index contributed by atoms with van der Waals surface area (Å²) in [6.07, 6.45) is 3.95. The second-order valence-electron chi connectivity index (χ2n) is 11.1. The Morgan fingerprint density at radius 3 is 2.61 bits per heavy atom. The van der Waals surface area contributed by atoms with Gasteiger partial charge in [0.05, 0.1) is 30.1 Å². The molecule has 2 saturated heterocycles. The molecule has 5 aliphatic rings. The molecule has 1 saturated carbocycles. The summed E-state index contributed by atoms with van der Waals surface area (Å²) >= 11 is 19.2. The van der Waals surface area contributed by atoms with Gasteiger partial charge in [0, 0.05) is 22.8 Å². The van der Waals surface area contributed by atoms with Gasteiger partial charge in [-0.15, -0.1) is 34.5 Å². The smallest absolute Gasteiger partial charge is 0.254 e. The predicted molar refractivity (Wildman–Crippen MR) is 154 cm³/mol. The van der Waals surface area contributed by atoms with Crippen LogP contribution in [0.1, 0.15) is 23.3 Å². The van der Waals surface area contributed by atoms with Crippen molar-refractivity contribution in [2.75, 3.05) is 5.45 Å². The van der Waals surface area contributed by atoms with Crippen LogP contribution in [-0.4, -0.2) is 53.7 Å². The van der Waals surface area contributed by atoms with Crippen LogP contribution in [0.3, 0.4) is 0 Å². The molecule has 0 unspecified atom stereocenters. The van der Waals surface area contributed by atoms with Crippen LogP contribution in [0.4, 0.5) is 0 Å². The number of phenols is 1. The zero-order chi connectivity index (χ0) is 28.8. The molecule has 0 spiro atoms. The maximum atomic E-state index is 13.9. The molecule has 7 rings (SSSR count). The van der Waals surface area contributed by atoms with Crippen molar-refractivity contribution in [1.29, 1.82) is 0 Å². The van der Waals surface area contributed by atoms with Crippen molar-refractivity contribution in [2.45, 2.75) is 35.6 Å². The first kappa shape index (κ1) is 27.2. The van der Waals surface area contributed by atoms with Gasteiger partial charge in [0.2, 0.25) is 11.8 Å². The summed E-state index contributed by atoms with van der Waals surface area (Å²) in [5.74, 6) is -4.00. The highest BCUT2D eigenvalue weighted by Crippen LogP contribution is 2.64. The average Bonchev–Trinajstić information content (AvgIpc) is 3.59. The molecule has 3 aliphatic heterocycles. The number of allylic oxidation sites excluding steroid dienone is 3. The average molecular weight is 678 g/mol. The molecule has 2 aliphatic carbocycles. The maximum absolute atomic E-state index is 13.9. The summed E-state index contributed by atoms with van der Waals surface area (Å²) < 4.78 is 5.92. The third-order valence-electron chi connectivity index (χ3n) is 9.15. The lowest BCUT2D eigenvalue weighted by Gasteiger charge is -2.51. The third kappa shape index (κ3) is 3.63. The Morgan fingerprint density at radius 2 is 1.88 bits per heavy atom. The van der Waals surface area contributed by atoms with Crippen LogP contribution < -0.4 is 4.74 Å². The molecule has 8 nitrogen and oxygen atoms in total. The Labute approximate surface area is 257 Å². The molecular weight excluding hydrogens is 655 g/mol. The van der Waals surface area contributed by atoms with Crippen LogP contribution in [0.25, 0.3) is 0 Å². The minimum atomic E-state index is -1.89. The second kappa shape index (κ2) is 9.42. The summed E-state index contributed by atoms with van der Waals surface area (Å²) in [7, 11) is 0. The van der Waals surface area contributed by atoms with Crippen LogP contribution >= 0.6 is 50.5 Å². The second-order valence-corrected chi connectivity index (χ2v) is 13.9. The molecule has 2 aromatic rings. The summed E-state index contributed by atoms with van der Waals surface area (Å²) in [6, 6.07) is 8.50. The maximum Gasteiger partial charge on any atom is 0.254 e. The molecule has 6 atom stereocenters. The number of ether oxygens (including phenoxy) is 1. The molecular formula is C29H23BrCl2N2O6S. The van der Waals surface area contributed by atoms with Gasteiger partial charge >= 0.3 is 0 Å². The Bertz CT molecular complexity index is 1590. The summed E-state index contributed by atoms with van der Waals surface area (Å²) in [6.45, 7) is 0.188. The molecule has 1 aromatic heterocycles. The standard InChI is InChI=1S/C29H23BrCl2N2O6S/c30-13-34-26(38)28(31)10-20-18(4-5-19-22(20)25(37)33(24(19)36)11-17-2-1-7-41-17)23(29(28,32)27(34)39)15-8-14-9-16(35)3-6-21(14)40-12-15/h1-4,6-7,9,12,19-20,22-23,35H,5,8,10-11,13H2/t19-,20+,22-,23-,28+,29-/m0/s1. The minimum Gasteiger partial charge on any atom is -0.508 e. The Morgan fingerprint density at radius 1 is 1.07 bits per heavy atom. The van der Waals surface area contributed by atoms with E-state index in [1.54, 1.807) is 12.1 Å². The molecule has 4 heterocycles. The van der Waals surface area contributed by atoms with Crippen molar-refractivity contribution in [3.63, 3.8) is 0 Å². The molecule has 41 heavy (non-hydrogen) atoms. The Hall–Kier alpha value is -2.66. The van der Waals surface area contributed by atoms with Gasteiger partial charge in [-0.1, -0.05) is 33.6 Å². The molecule has 3 fully saturated rings. The number of fused-ring (bicyclic) bond motifs is 5.